The van der Waals surface area contributed by atoms with Crippen LogP contribution < -0.4 is 10.1 Å². The Morgan fingerprint density at radius 3 is 2.60 bits per heavy atom. The Labute approximate surface area is 124 Å². The average Bonchev–Trinajstić information content (AvgIpc) is 2.78. The van der Waals surface area contributed by atoms with Crippen LogP contribution in [-0.4, -0.2) is 22.6 Å². The number of halogens is 1. The molecule has 1 atom stereocenters. The van der Waals surface area contributed by atoms with Gasteiger partial charge in [0.25, 0.3) is 0 Å². The Balaban J connectivity index is 1.92. The first-order valence-corrected chi connectivity index (χ1v) is 7.03. The molecule has 0 aliphatic rings. The summed E-state index contributed by atoms with van der Waals surface area (Å²) in [5.41, 5.74) is 1.29. The maximum absolute atomic E-state index is 5.93. The zero-order chi connectivity index (χ0) is 14.5. The van der Waals surface area contributed by atoms with Crippen molar-refractivity contribution in [2.24, 2.45) is 7.05 Å². The lowest BCUT2D eigenvalue weighted by atomic mass is 10.1. The topological polar surface area (TPSA) is 39.1 Å². The van der Waals surface area contributed by atoms with E-state index in [1.165, 1.54) is 5.56 Å². The van der Waals surface area contributed by atoms with Gasteiger partial charge in [0.15, 0.2) is 0 Å². The molecule has 20 heavy (non-hydrogen) atoms. The highest BCUT2D eigenvalue weighted by molar-refractivity contribution is 6.29. The monoisotopic (exact) mass is 293 g/mol. The molecule has 1 aromatic carbocycles. The van der Waals surface area contributed by atoms with Crippen molar-refractivity contribution in [1.29, 1.82) is 0 Å². The molecule has 0 bridgehead atoms. The number of likely N-dealkylation sites (N-methyl/N-ethyl adjacent to an activating group) is 1. The fraction of sp³-hybridized carbons (Fsp3) is 0.400. The SMILES string of the molecule is CNC(C)Cc1ccc(OCc2ncc(Cl)n2C)cc1. The lowest BCUT2D eigenvalue weighted by Gasteiger charge is -2.11. The Morgan fingerprint density at radius 2 is 2.05 bits per heavy atom. The van der Waals surface area contributed by atoms with E-state index in [9.17, 15) is 0 Å². The van der Waals surface area contributed by atoms with Crippen molar-refractivity contribution in [1.82, 2.24) is 14.9 Å². The Kier molecular flexibility index (Phi) is 5.04. The first-order valence-electron chi connectivity index (χ1n) is 6.65. The molecule has 0 aliphatic carbocycles. The van der Waals surface area contributed by atoms with Crippen molar-refractivity contribution in [3.05, 3.63) is 47.0 Å². The number of nitrogens with one attached hydrogen (secondary N) is 1. The first kappa shape index (κ1) is 14.9. The highest BCUT2D eigenvalue weighted by Crippen LogP contribution is 2.16. The minimum Gasteiger partial charge on any atom is -0.486 e. The summed E-state index contributed by atoms with van der Waals surface area (Å²) in [6, 6.07) is 8.63. The van der Waals surface area contributed by atoms with Gasteiger partial charge in [0.1, 0.15) is 23.3 Å². The normalized spacial score (nSPS) is 12.4. The van der Waals surface area contributed by atoms with Crippen LogP contribution in [0.15, 0.2) is 30.5 Å². The van der Waals surface area contributed by atoms with E-state index in [1.54, 1.807) is 6.20 Å². The molecule has 5 heteroatoms. The molecule has 1 aromatic heterocycles. The smallest absolute Gasteiger partial charge is 0.147 e. The largest absolute Gasteiger partial charge is 0.486 e. The van der Waals surface area contributed by atoms with Crippen LogP contribution in [0.2, 0.25) is 5.15 Å². The van der Waals surface area contributed by atoms with Gasteiger partial charge in [0, 0.05) is 13.1 Å². The van der Waals surface area contributed by atoms with Crippen LogP contribution in [-0.2, 0) is 20.1 Å². The van der Waals surface area contributed by atoms with Gasteiger partial charge in [-0.15, -0.1) is 0 Å². The van der Waals surface area contributed by atoms with Crippen molar-refractivity contribution in [3.8, 4) is 5.75 Å². The van der Waals surface area contributed by atoms with Crippen LogP contribution in [0.5, 0.6) is 5.75 Å². The molecule has 1 heterocycles. The van der Waals surface area contributed by atoms with Crippen molar-refractivity contribution < 1.29 is 4.74 Å². The highest BCUT2D eigenvalue weighted by Gasteiger charge is 2.05. The standard InChI is InChI=1S/C15H20ClN3O/c1-11(17-2)8-12-4-6-13(7-5-12)20-10-15-18-9-14(16)19(15)3/h4-7,9,11,17H,8,10H2,1-3H3. The summed E-state index contributed by atoms with van der Waals surface area (Å²) >= 11 is 5.93. The number of rotatable bonds is 6. The van der Waals surface area contributed by atoms with E-state index in [1.807, 2.05) is 30.8 Å². The Bertz CT molecular complexity index is 551. The van der Waals surface area contributed by atoms with E-state index in [-0.39, 0.29) is 0 Å². The van der Waals surface area contributed by atoms with Gasteiger partial charge in [-0.2, -0.15) is 0 Å². The summed E-state index contributed by atoms with van der Waals surface area (Å²) in [6.45, 7) is 2.57. The summed E-state index contributed by atoms with van der Waals surface area (Å²) in [4.78, 5) is 4.20. The lowest BCUT2D eigenvalue weighted by molar-refractivity contribution is 0.291. The molecule has 0 amide bonds. The quantitative estimate of drug-likeness (QED) is 0.890. The van der Waals surface area contributed by atoms with Crippen LogP contribution in [0.3, 0.4) is 0 Å². The third-order valence-electron chi connectivity index (χ3n) is 3.35. The number of nitrogens with zero attached hydrogens (tertiary/aromatic N) is 2. The average molecular weight is 294 g/mol. The summed E-state index contributed by atoms with van der Waals surface area (Å²) in [5.74, 6) is 1.65. The number of imidazole rings is 1. The second-order valence-electron chi connectivity index (χ2n) is 4.88. The molecule has 4 nitrogen and oxygen atoms in total. The van der Waals surface area contributed by atoms with Gasteiger partial charge in [0.2, 0.25) is 0 Å². The summed E-state index contributed by atoms with van der Waals surface area (Å²) < 4.78 is 7.52. The minimum absolute atomic E-state index is 0.412. The third-order valence-corrected chi connectivity index (χ3v) is 3.70. The summed E-state index contributed by atoms with van der Waals surface area (Å²) in [7, 11) is 3.84. The summed E-state index contributed by atoms with van der Waals surface area (Å²) in [6.07, 6.45) is 2.63. The van der Waals surface area contributed by atoms with Crippen LogP contribution in [0.25, 0.3) is 0 Å². The fourth-order valence-corrected chi connectivity index (χ4v) is 2.03. The van der Waals surface area contributed by atoms with Crippen LogP contribution >= 0.6 is 11.6 Å². The molecule has 108 valence electrons. The summed E-state index contributed by atoms with van der Waals surface area (Å²) in [5, 5.41) is 3.84. The van der Waals surface area contributed by atoms with Gasteiger partial charge in [-0.3, -0.25) is 0 Å². The Morgan fingerprint density at radius 1 is 1.35 bits per heavy atom. The van der Waals surface area contributed by atoms with Crippen molar-refractivity contribution in [3.63, 3.8) is 0 Å². The number of hydrogen-bond acceptors (Lipinski definition) is 3. The van der Waals surface area contributed by atoms with Gasteiger partial charge >= 0.3 is 0 Å². The molecule has 0 fully saturated rings. The predicted octanol–water partition coefficient (Wildman–Crippen LogP) is 2.80. The van der Waals surface area contributed by atoms with Gasteiger partial charge in [-0.1, -0.05) is 23.7 Å². The van der Waals surface area contributed by atoms with Gasteiger partial charge < -0.3 is 14.6 Å². The second-order valence-corrected chi connectivity index (χ2v) is 5.27. The molecule has 0 saturated heterocycles. The molecular weight excluding hydrogens is 274 g/mol. The van der Waals surface area contributed by atoms with E-state index in [4.69, 9.17) is 16.3 Å². The van der Waals surface area contributed by atoms with E-state index in [2.05, 4.69) is 29.4 Å². The predicted molar refractivity (Wildman–Crippen MR) is 81.2 cm³/mol. The van der Waals surface area contributed by atoms with E-state index in [0.717, 1.165) is 18.0 Å². The number of benzene rings is 1. The molecule has 2 aromatic rings. The van der Waals surface area contributed by atoms with Gasteiger partial charge in [-0.25, -0.2) is 4.98 Å². The van der Waals surface area contributed by atoms with Crippen LogP contribution in [0.4, 0.5) is 0 Å². The Hall–Kier alpha value is -1.52. The highest BCUT2D eigenvalue weighted by atomic mass is 35.5. The molecule has 1 N–H and O–H groups in total. The maximum atomic E-state index is 5.93. The molecule has 0 saturated carbocycles. The molecule has 0 aliphatic heterocycles. The lowest BCUT2D eigenvalue weighted by Crippen LogP contribution is -2.23. The minimum atomic E-state index is 0.412. The second kappa shape index (κ2) is 6.77. The number of aromatic nitrogens is 2. The maximum Gasteiger partial charge on any atom is 0.147 e. The van der Waals surface area contributed by atoms with Crippen LogP contribution in [0.1, 0.15) is 18.3 Å². The molecule has 1 unspecified atom stereocenters. The molecule has 0 spiro atoms. The van der Waals surface area contributed by atoms with Crippen molar-refractivity contribution in [2.75, 3.05) is 7.05 Å². The number of hydrogen-bond donors (Lipinski definition) is 1. The third kappa shape index (κ3) is 3.74. The van der Waals surface area contributed by atoms with Crippen molar-refractivity contribution >= 4 is 11.6 Å². The van der Waals surface area contributed by atoms with E-state index in [0.29, 0.717) is 17.8 Å². The van der Waals surface area contributed by atoms with Crippen molar-refractivity contribution in [2.45, 2.75) is 26.0 Å². The molecule has 2 rings (SSSR count). The van der Waals surface area contributed by atoms with Gasteiger partial charge in [0.05, 0.1) is 6.20 Å². The van der Waals surface area contributed by atoms with E-state index >= 15 is 0 Å². The van der Waals surface area contributed by atoms with E-state index < -0.39 is 0 Å². The van der Waals surface area contributed by atoms with Crippen LogP contribution in [0, 0.1) is 0 Å². The zero-order valence-electron chi connectivity index (χ0n) is 12.1. The molecule has 0 radical (unpaired) electrons. The zero-order valence-corrected chi connectivity index (χ0v) is 12.8. The molecular formula is C15H20ClN3O. The van der Waals surface area contributed by atoms with Gasteiger partial charge in [-0.05, 0) is 38.1 Å². The number of ether oxygens (including phenoxy) is 1. The fourth-order valence-electron chi connectivity index (χ4n) is 1.88. The first-order chi connectivity index (χ1) is 9.60.